The fourth-order valence-corrected chi connectivity index (χ4v) is 3.82. The first-order valence-electron chi connectivity index (χ1n) is 8.99. The molecule has 2 aliphatic heterocycles. The predicted octanol–water partition coefficient (Wildman–Crippen LogP) is 2.32. The van der Waals surface area contributed by atoms with Gasteiger partial charge in [0.05, 0.1) is 25.0 Å². The third-order valence-electron chi connectivity index (χ3n) is 5.16. The quantitative estimate of drug-likeness (QED) is 0.838. The Labute approximate surface area is 148 Å². The summed E-state index contributed by atoms with van der Waals surface area (Å²) in [5.41, 5.74) is 1.31. The lowest BCUT2D eigenvalue weighted by Crippen LogP contribution is -2.50. The summed E-state index contributed by atoms with van der Waals surface area (Å²) in [6.45, 7) is 4.04. The molecule has 0 N–H and O–H groups in total. The van der Waals surface area contributed by atoms with E-state index in [2.05, 4.69) is 29.2 Å². The second kappa shape index (κ2) is 7.42. The molecular weight excluding hydrogens is 316 g/mol. The van der Waals surface area contributed by atoms with Crippen LogP contribution in [0.4, 0.5) is 0 Å². The highest BCUT2D eigenvalue weighted by atomic mass is 16.5. The number of hydrogen-bond acceptors (Lipinski definition) is 4. The zero-order chi connectivity index (χ0) is 17.1. The molecule has 2 saturated heterocycles. The lowest BCUT2D eigenvalue weighted by molar-refractivity contribution is -0.130. The van der Waals surface area contributed by atoms with Crippen molar-refractivity contribution in [1.29, 1.82) is 0 Å². The van der Waals surface area contributed by atoms with Gasteiger partial charge in [0.15, 0.2) is 0 Å². The molecule has 0 bridgehead atoms. The van der Waals surface area contributed by atoms with Crippen LogP contribution in [-0.2, 0) is 22.5 Å². The molecule has 0 radical (unpaired) electrons. The van der Waals surface area contributed by atoms with Gasteiger partial charge in [-0.25, -0.2) is 0 Å². The molecule has 0 unspecified atom stereocenters. The molecule has 1 amide bonds. The Bertz CT molecular complexity index is 686. The topological polar surface area (TPSA) is 45.9 Å². The van der Waals surface area contributed by atoms with Crippen LogP contribution in [0.3, 0.4) is 0 Å². The average Bonchev–Trinajstić information content (AvgIpc) is 3.30. The first kappa shape index (κ1) is 16.4. The molecule has 2 aliphatic rings. The lowest BCUT2D eigenvalue weighted by atomic mass is 10.1. The summed E-state index contributed by atoms with van der Waals surface area (Å²) in [6.07, 6.45) is 2.93. The van der Waals surface area contributed by atoms with Gasteiger partial charge in [0.25, 0.3) is 0 Å². The minimum Gasteiger partial charge on any atom is -0.469 e. The second-order valence-electron chi connectivity index (χ2n) is 6.81. The molecule has 0 aliphatic carbocycles. The van der Waals surface area contributed by atoms with Gasteiger partial charge in [0.1, 0.15) is 5.76 Å². The largest absolute Gasteiger partial charge is 0.469 e. The Kier molecular flexibility index (Phi) is 4.85. The normalized spacial score (nSPS) is 23.6. The van der Waals surface area contributed by atoms with Crippen LogP contribution in [0, 0.1) is 0 Å². The highest BCUT2D eigenvalue weighted by molar-refractivity contribution is 5.76. The summed E-state index contributed by atoms with van der Waals surface area (Å²) in [4.78, 5) is 17.0. The van der Waals surface area contributed by atoms with Crippen LogP contribution in [0.15, 0.2) is 53.1 Å². The van der Waals surface area contributed by atoms with Crippen LogP contribution in [-0.4, -0.2) is 54.1 Å². The molecule has 132 valence electrons. The molecule has 2 aromatic rings. The number of hydrogen-bond donors (Lipinski definition) is 0. The maximum absolute atomic E-state index is 12.6. The van der Waals surface area contributed by atoms with E-state index < -0.39 is 0 Å². The standard InChI is InChI=1S/C20H24N2O3/c23-20(9-8-17-7-4-11-24-17)22-14-18-19(15-22)25-12-10-21(18)13-16-5-2-1-3-6-16/h1-7,11,18-19H,8-10,12-15H2/t18-,19+/m1/s1. The van der Waals surface area contributed by atoms with Gasteiger partial charge in [-0.05, 0) is 17.7 Å². The molecule has 5 nitrogen and oxygen atoms in total. The molecule has 3 heterocycles. The Balaban J connectivity index is 1.36. The predicted molar refractivity (Wildman–Crippen MR) is 94.0 cm³/mol. The fraction of sp³-hybridized carbons (Fsp3) is 0.450. The minimum absolute atomic E-state index is 0.130. The molecule has 2 fully saturated rings. The van der Waals surface area contributed by atoms with Crippen molar-refractivity contribution < 1.29 is 13.9 Å². The van der Waals surface area contributed by atoms with Gasteiger partial charge in [-0.1, -0.05) is 30.3 Å². The number of likely N-dealkylation sites (tertiary alicyclic amines) is 1. The van der Waals surface area contributed by atoms with E-state index in [-0.39, 0.29) is 12.0 Å². The second-order valence-corrected chi connectivity index (χ2v) is 6.81. The van der Waals surface area contributed by atoms with E-state index in [9.17, 15) is 4.79 Å². The number of furan rings is 1. The van der Waals surface area contributed by atoms with Gasteiger partial charge in [-0.15, -0.1) is 0 Å². The summed E-state index contributed by atoms with van der Waals surface area (Å²) in [5, 5.41) is 0. The zero-order valence-electron chi connectivity index (χ0n) is 14.3. The Morgan fingerprint density at radius 2 is 2.00 bits per heavy atom. The Morgan fingerprint density at radius 1 is 1.12 bits per heavy atom. The SMILES string of the molecule is O=C(CCc1ccco1)N1C[C@@H]2OCCN(Cc3ccccc3)[C@@H]2C1. The van der Waals surface area contributed by atoms with E-state index in [0.717, 1.165) is 32.0 Å². The maximum atomic E-state index is 12.6. The first-order valence-corrected chi connectivity index (χ1v) is 8.99. The average molecular weight is 340 g/mol. The van der Waals surface area contributed by atoms with Crippen molar-refractivity contribution in [3.8, 4) is 0 Å². The fourth-order valence-electron chi connectivity index (χ4n) is 3.82. The molecular formula is C20H24N2O3. The van der Waals surface area contributed by atoms with Gasteiger partial charge >= 0.3 is 0 Å². The highest BCUT2D eigenvalue weighted by Gasteiger charge is 2.41. The van der Waals surface area contributed by atoms with E-state index >= 15 is 0 Å². The van der Waals surface area contributed by atoms with Crippen LogP contribution in [0.5, 0.6) is 0 Å². The first-order chi connectivity index (χ1) is 12.3. The molecule has 2 atom stereocenters. The number of carbonyl (C=O) groups excluding carboxylic acids is 1. The van der Waals surface area contributed by atoms with Crippen LogP contribution in [0.1, 0.15) is 17.7 Å². The van der Waals surface area contributed by atoms with Gasteiger partial charge < -0.3 is 14.1 Å². The molecule has 0 spiro atoms. The number of benzene rings is 1. The van der Waals surface area contributed by atoms with Crippen LogP contribution in [0.25, 0.3) is 0 Å². The number of aryl methyl sites for hydroxylation is 1. The molecule has 25 heavy (non-hydrogen) atoms. The number of fused-ring (bicyclic) bond motifs is 1. The minimum atomic E-state index is 0.130. The van der Waals surface area contributed by atoms with Crippen molar-refractivity contribution in [3.05, 3.63) is 60.1 Å². The van der Waals surface area contributed by atoms with Crippen LogP contribution in [0.2, 0.25) is 0 Å². The highest BCUT2D eigenvalue weighted by Crippen LogP contribution is 2.25. The van der Waals surface area contributed by atoms with Crippen molar-refractivity contribution in [2.75, 3.05) is 26.2 Å². The van der Waals surface area contributed by atoms with Gasteiger partial charge in [-0.3, -0.25) is 9.69 Å². The number of nitrogens with zero attached hydrogens (tertiary/aromatic N) is 2. The van der Waals surface area contributed by atoms with E-state index in [1.807, 2.05) is 23.1 Å². The summed E-state index contributed by atoms with van der Waals surface area (Å²) in [6, 6.07) is 14.6. The zero-order valence-corrected chi connectivity index (χ0v) is 14.3. The molecule has 1 aromatic carbocycles. The number of morpholine rings is 1. The van der Waals surface area contributed by atoms with E-state index in [0.29, 0.717) is 25.4 Å². The van der Waals surface area contributed by atoms with E-state index in [1.54, 1.807) is 6.26 Å². The summed E-state index contributed by atoms with van der Waals surface area (Å²) in [5.74, 6) is 1.06. The van der Waals surface area contributed by atoms with Crippen molar-refractivity contribution in [2.45, 2.75) is 31.5 Å². The van der Waals surface area contributed by atoms with E-state index in [1.165, 1.54) is 5.56 Å². The van der Waals surface area contributed by atoms with Gasteiger partial charge in [-0.2, -0.15) is 0 Å². The lowest BCUT2D eigenvalue weighted by Gasteiger charge is -2.36. The Morgan fingerprint density at radius 3 is 2.80 bits per heavy atom. The summed E-state index contributed by atoms with van der Waals surface area (Å²) in [7, 11) is 0. The molecule has 1 aromatic heterocycles. The van der Waals surface area contributed by atoms with Crippen molar-refractivity contribution >= 4 is 5.91 Å². The third kappa shape index (κ3) is 3.78. The van der Waals surface area contributed by atoms with Crippen LogP contribution >= 0.6 is 0 Å². The van der Waals surface area contributed by atoms with Gasteiger partial charge in [0, 0.05) is 39.0 Å². The van der Waals surface area contributed by atoms with Gasteiger partial charge in [0.2, 0.25) is 5.91 Å². The number of amides is 1. The van der Waals surface area contributed by atoms with Crippen LogP contribution < -0.4 is 0 Å². The third-order valence-corrected chi connectivity index (χ3v) is 5.16. The smallest absolute Gasteiger partial charge is 0.223 e. The maximum Gasteiger partial charge on any atom is 0.223 e. The van der Waals surface area contributed by atoms with E-state index in [4.69, 9.17) is 9.15 Å². The molecule has 4 rings (SSSR count). The molecule has 5 heteroatoms. The summed E-state index contributed by atoms with van der Waals surface area (Å²) >= 11 is 0. The number of rotatable bonds is 5. The molecule has 0 saturated carbocycles. The monoisotopic (exact) mass is 340 g/mol. The number of carbonyl (C=O) groups is 1. The van der Waals surface area contributed by atoms with Crippen molar-refractivity contribution in [3.63, 3.8) is 0 Å². The van der Waals surface area contributed by atoms with Crippen molar-refractivity contribution in [2.24, 2.45) is 0 Å². The summed E-state index contributed by atoms with van der Waals surface area (Å²) < 4.78 is 11.3. The number of ether oxygens (including phenoxy) is 1. The van der Waals surface area contributed by atoms with Crippen molar-refractivity contribution in [1.82, 2.24) is 9.80 Å². The Hall–Kier alpha value is -2.11.